The zero-order chi connectivity index (χ0) is 22.0. The van der Waals surface area contributed by atoms with Gasteiger partial charge in [0.25, 0.3) is 5.56 Å². The lowest BCUT2D eigenvalue weighted by molar-refractivity contribution is 0.596. The molecule has 4 aromatic rings. The van der Waals surface area contributed by atoms with Crippen LogP contribution in [0.5, 0.6) is 0 Å². The minimum absolute atomic E-state index is 0.150. The van der Waals surface area contributed by atoms with Crippen LogP contribution in [0.15, 0.2) is 87.4 Å². The van der Waals surface area contributed by atoms with E-state index in [4.69, 9.17) is 0 Å². The molecular weight excluding hydrogens is 410 g/mol. The Balaban J connectivity index is 1.60. The van der Waals surface area contributed by atoms with E-state index in [2.05, 4.69) is 14.9 Å². The van der Waals surface area contributed by atoms with E-state index in [-0.39, 0.29) is 15.4 Å². The van der Waals surface area contributed by atoms with Gasteiger partial charge in [-0.1, -0.05) is 24.3 Å². The van der Waals surface area contributed by atoms with Crippen LogP contribution in [0.25, 0.3) is 10.9 Å². The van der Waals surface area contributed by atoms with Gasteiger partial charge in [-0.05, 0) is 67.9 Å². The average molecular weight is 434 g/mol. The van der Waals surface area contributed by atoms with E-state index in [0.717, 1.165) is 17.8 Å². The van der Waals surface area contributed by atoms with Gasteiger partial charge in [-0.3, -0.25) is 4.79 Å². The third kappa shape index (κ3) is 4.22. The van der Waals surface area contributed by atoms with Gasteiger partial charge in [-0.2, -0.15) is 0 Å². The zero-order valence-electron chi connectivity index (χ0n) is 17.4. The molecule has 7 heteroatoms. The topological polar surface area (TPSA) is 83.1 Å². The summed E-state index contributed by atoms with van der Waals surface area (Å²) in [4.78, 5) is 22.0. The molecular formula is C24H23N3O3S. The molecule has 31 heavy (non-hydrogen) atoms. The van der Waals surface area contributed by atoms with Crippen molar-refractivity contribution in [2.24, 2.45) is 0 Å². The van der Waals surface area contributed by atoms with Crippen molar-refractivity contribution >= 4 is 26.4 Å². The molecule has 4 rings (SSSR count). The maximum atomic E-state index is 12.8. The van der Waals surface area contributed by atoms with Crippen LogP contribution in [0, 0.1) is 6.92 Å². The van der Waals surface area contributed by atoms with Gasteiger partial charge in [-0.15, -0.1) is 0 Å². The van der Waals surface area contributed by atoms with Crippen LogP contribution in [0.1, 0.15) is 18.3 Å². The molecule has 1 aromatic heterocycles. The van der Waals surface area contributed by atoms with Crippen LogP contribution in [-0.4, -0.2) is 24.9 Å². The molecule has 158 valence electrons. The van der Waals surface area contributed by atoms with Gasteiger partial charge in [0.15, 0.2) is 0 Å². The molecule has 0 bridgehead atoms. The Hall–Kier alpha value is -3.45. The number of H-pyrrole nitrogens is 1. The highest BCUT2D eigenvalue weighted by Crippen LogP contribution is 2.25. The second kappa shape index (κ2) is 8.35. The van der Waals surface area contributed by atoms with Gasteiger partial charge in [0.1, 0.15) is 5.82 Å². The quantitative estimate of drug-likeness (QED) is 0.495. The monoisotopic (exact) mass is 433 g/mol. The number of aromatic nitrogens is 2. The first-order valence-corrected chi connectivity index (χ1v) is 11.5. The van der Waals surface area contributed by atoms with E-state index in [0.29, 0.717) is 23.3 Å². The Labute approximate surface area is 181 Å². The Morgan fingerprint density at radius 2 is 1.61 bits per heavy atom. The summed E-state index contributed by atoms with van der Waals surface area (Å²) in [5, 5.41) is 0.559. The number of hydrogen-bond acceptors (Lipinski definition) is 5. The number of fused-ring (bicyclic) bond motifs is 1. The van der Waals surface area contributed by atoms with Crippen LogP contribution < -0.4 is 10.5 Å². The normalized spacial score (nSPS) is 11.5. The SMILES string of the molecule is CCN(Cc1ccc2nc(C)[nH]c(=O)c2c1)c1ccc(S(=O)(=O)c2ccccc2)cc1. The van der Waals surface area contributed by atoms with Crippen molar-refractivity contribution in [2.75, 3.05) is 11.4 Å². The van der Waals surface area contributed by atoms with Crippen molar-refractivity contribution in [2.45, 2.75) is 30.2 Å². The molecule has 0 aliphatic rings. The number of nitrogens with one attached hydrogen (secondary N) is 1. The Bertz CT molecular complexity index is 1380. The van der Waals surface area contributed by atoms with E-state index >= 15 is 0 Å². The van der Waals surface area contributed by atoms with Crippen molar-refractivity contribution in [3.63, 3.8) is 0 Å². The fourth-order valence-corrected chi connectivity index (χ4v) is 4.86. The number of rotatable bonds is 6. The number of nitrogens with zero attached hydrogens (tertiary/aromatic N) is 2. The highest BCUT2D eigenvalue weighted by Gasteiger charge is 2.17. The molecule has 0 atom stereocenters. The molecule has 0 spiro atoms. The molecule has 0 radical (unpaired) electrons. The van der Waals surface area contributed by atoms with Gasteiger partial charge >= 0.3 is 0 Å². The van der Waals surface area contributed by atoms with E-state index in [9.17, 15) is 13.2 Å². The summed E-state index contributed by atoms with van der Waals surface area (Å²) in [5.74, 6) is 0.589. The van der Waals surface area contributed by atoms with Crippen molar-refractivity contribution in [3.8, 4) is 0 Å². The standard InChI is InChI=1S/C24H23N3O3S/c1-3-27(16-18-9-14-23-22(15-18)24(28)26-17(2)25-23)19-10-12-21(13-11-19)31(29,30)20-7-5-4-6-8-20/h4-15H,3,16H2,1-2H3,(H,25,26,28). The number of anilines is 1. The van der Waals surface area contributed by atoms with Crippen LogP contribution in [0.4, 0.5) is 5.69 Å². The summed E-state index contributed by atoms with van der Waals surface area (Å²) >= 11 is 0. The smallest absolute Gasteiger partial charge is 0.258 e. The molecule has 0 aliphatic heterocycles. The van der Waals surface area contributed by atoms with Crippen molar-refractivity contribution < 1.29 is 8.42 Å². The maximum Gasteiger partial charge on any atom is 0.258 e. The molecule has 3 aromatic carbocycles. The number of hydrogen-bond donors (Lipinski definition) is 1. The second-order valence-electron chi connectivity index (χ2n) is 7.33. The number of aromatic amines is 1. The summed E-state index contributed by atoms with van der Waals surface area (Å²) in [6.07, 6.45) is 0. The first-order valence-electron chi connectivity index (χ1n) is 10.0. The van der Waals surface area contributed by atoms with Crippen molar-refractivity contribution in [1.82, 2.24) is 9.97 Å². The summed E-state index contributed by atoms with van der Waals surface area (Å²) in [6, 6.07) is 21.0. The highest BCUT2D eigenvalue weighted by molar-refractivity contribution is 7.91. The Morgan fingerprint density at radius 1 is 0.935 bits per heavy atom. The minimum atomic E-state index is -3.54. The number of aryl methyl sites for hydroxylation is 1. The Morgan fingerprint density at radius 3 is 2.29 bits per heavy atom. The molecule has 0 amide bonds. The van der Waals surface area contributed by atoms with E-state index in [1.165, 1.54) is 0 Å². The lowest BCUT2D eigenvalue weighted by Gasteiger charge is -2.23. The minimum Gasteiger partial charge on any atom is -0.367 e. The predicted octanol–water partition coefficient (Wildman–Crippen LogP) is 4.09. The molecule has 0 saturated heterocycles. The van der Waals surface area contributed by atoms with Gasteiger partial charge in [0.2, 0.25) is 9.84 Å². The lowest BCUT2D eigenvalue weighted by Crippen LogP contribution is -2.22. The molecule has 1 N–H and O–H groups in total. The highest BCUT2D eigenvalue weighted by atomic mass is 32.2. The first kappa shape index (κ1) is 20.8. The van der Waals surface area contributed by atoms with Crippen LogP contribution in [-0.2, 0) is 16.4 Å². The van der Waals surface area contributed by atoms with E-state index in [1.54, 1.807) is 49.4 Å². The van der Waals surface area contributed by atoms with Gasteiger partial charge < -0.3 is 9.88 Å². The third-order valence-corrected chi connectivity index (χ3v) is 6.99. The van der Waals surface area contributed by atoms with Crippen molar-refractivity contribution in [3.05, 3.63) is 94.5 Å². The zero-order valence-corrected chi connectivity index (χ0v) is 18.2. The fraction of sp³-hybridized carbons (Fsp3) is 0.167. The number of sulfone groups is 1. The van der Waals surface area contributed by atoms with Gasteiger partial charge in [0.05, 0.1) is 20.7 Å². The van der Waals surface area contributed by atoms with E-state index in [1.807, 2.05) is 37.3 Å². The summed E-state index contributed by atoms with van der Waals surface area (Å²) in [6.45, 7) is 5.11. The third-order valence-electron chi connectivity index (χ3n) is 5.21. The second-order valence-corrected chi connectivity index (χ2v) is 9.28. The molecule has 0 saturated carbocycles. The van der Waals surface area contributed by atoms with E-state index < -0.39 is 9.84 Å². The fourth-order valence-electron chi connectivity index (χ4n) is 3.58. The predicted molar refractivity (Wildman–Crippen MR) is 122 cm³/mol. The molecule has 1 heterocycles. The summed E-state index contributed by atoms with van der Waals surface area (Å²) in [7, 11) is -3.54. The first-order chi connectivity index (χ1) is 14.9. The van der Waals surface area contributed by atoms with Crippen LogP contribution in [0.3, 0.4) is 0 Å². The van der Waals surface area contributed by atoms with Gasteiger partial charge in [0, 0.05) is 18.8 Å². The lowest BCUT2D eigenvalue weighted by atomic mass is 10.1. The molecule has 0 fully saturated rings. The summed E-state index contributed by atoms with van der Waals surface area (Å²) < 4.78 is 25.6. The molecule has 0 unspecified atom stereocenters. The molecule has 0 aliphatic carbocycles. The molecule has 6 nitrogen and oxygen atoms in total. The van der Waals surface area contributed by atoms with Crippen molar-refractivity contribution in [1.29, 1.82) is 0 Å². The largest absolute Gasteiger partial charge is 0.367 e. The maximum absolute atomic E-state index is 12.8. The average Bonchev–Trinajstić information content (AvgIpc) is 2.78. The van der Waals surface area contributed by atoms with Crippen LogP contribution in [0.2, 0.25) is 0 Å². The van der Waals surface area contributed by atoms with Gasteiger partial charge in [-0.25, -0.2) is 13.4 Å². The summed E-state index contributed by atoms with van der Waals surface area (Å²) in [5.41, 5.74) is 2.41. The number of benzene rings is 3. The Kier molecular flexibility index (Phi) is 5.61. The van der Waals surface area contributed by atoms with Crippen LogP contribution >= 0.6 is 0 Å².